The van der Waals surface area contributed by atoms with Gasteiger partial charge in [0.2, 0.25) is 0 Å². The molecule has 0 aliphatic rings. The molecule has 0 aliphatic heterocycles. The number of nitrogens with zero attached hydrogens (tertiary/aromatic N) is 1. The predicted molar refractivity (Wildman–Crippen MR) is 95.0 cm³/mol. The quantitative estimate of drug-likeness (QED) is 0.722. The maximum atomic E-state index is 12.5. The molecule has 3 rings (SSSR count). The van der Waals surface area contributed by atoms with Gasteiger partial charge in [0.15, 0.2) is 5.76 Å². The number of benzene rings is 2. The first-order valence-corrected chi connectivity index (χ1v) is 8.19. The molecule has 5 nitrogen and oxygen atoms in total. The fourth-order valence-electron chi connectivity index (χ4n) is 2.68. The van der Waals surface area contributed by atoms with E-state index in [1.165, 1.54) is 0 Å². The normalized spacial score (nSPS) is 11.9. The van der Waals surface area contributed by atoms with Crippen molar-refractivity contribution in [2.75, 3.05) is 6.54 Å². The summed E-state index contributed by atoms with van der Waals surface area (Å²) in [5, 5.41) is 16.9. The fourth-order valence-corrected chi connectivity index (χ4v) is 2.68. The number of amides is 1. The van der Waals surface area contributed by atoms with Crippen LogP contribution in [0.1, 0.15) is 34.1 Å². The van der Waals surface area contributed by atoms with Crippen LogP contribution in [0.25, 0.3) is 11.3 Å². The van der Waals surface area contributed by atoms with Crippen LogP contribution in [0.4, 0.5) is 0 Å². The Bertz CT molecular complexity index is 829. The Morgan fingerprint density at radius 2 is 1.76 bits per heavy atom. The van der Waals surface area contributed by atoms with E-state index in [0.717, 1.165) is 11.1 Å². The van der Waals surface area contributed by atoms with Crippen molar-refractivity contribution in [2.24, 2.45) is 0 Å². The van der Waals surface area contributed by atoms with Crippen LogP contribution in [-0.4, -0.2) is 22.7 Å². The van der Waals surface area contributed by atoms with E-state index >= 15 is 0 Å². The summed E-state index contributed by atoms with van der Waals surface area (Å²) in [6.45, 7) is 2.09. The molecule has 0 radical (unpaired) electrons. The Morgan fingerprint density at radius 1 is 1.12 bits per heavy atom. The fraction of sp³-hybridized carbons (Fsp3) is 0.200. The summed E-state index contributed by atoms with van der Waals surface area (Å²) in [5.41, 5.74) is 2.61. The largest absolute Gasteiger partial charge is 0.388 e. The average molecular weight is 336 g/mol. The summed E-state index contributed by atoms with van der Waals surface area (Å²) >= 11 is 0. The summed E-state index contributed by atoms with van der Waals surface area (Å²) in [5.74, 6) is 0.206. The lowest BCUT2D eigenvalue weighted by atomic mass is 10.1. The summed E-state index contributed by atoms with van der Waals surface area (Å²) in [6.07, 6.45) is -0.181. The van der Waals surface area contributed by atoms with Gasteiger partial charge in [-0.25, -0.2) is 0 Å². The van der Waals surface area contributed by atoms with Gasteiger partial charge in [0, 0.05) is 12.1 Å². The number of aryl methyl sites for hydroxylation is 1. The summed E-state index contributed by atoms with van der Waals surface area (Å²) < 4.78 is 5.34. The number of hydrogen-bond donors (Lipinski definition) is 2. The van der Waals surface area contributed by atoms with Crippen molar-refractivity contribution in [3.63, 3.8) is 0 Å². The first-order chi connectivity index (χ1) is 12.2. The maximum absolute atomic E-state index is 12.5. The Kier molecular flexibility index (Phi) is 5.26. The van der Waals surface area contributed by atoms with Crippen molar-refractivity contribution in [1.82, 2.24) is 10.5 Å². The molecule has 1 amide bonds. The molecular weight excluding hydrogens is 316 g/mol. The van der Waals surface area contributed by atoms with Crippen LogP contribution in [0, 0.1) is 6.92 Å². The lowest BCUT2D eigenvalue weighted by Crippen LogP contribution is -2.26. The number of carbonyl (C=O) groups excluding carboxylic acids is 1. The number of aliphatic hydroxyl groups is 1. The monoisotopic (exact) mass is 336 g/mol. The van der Waals surface area contributed by atoms with Crippen LogP contribution in [0.5, 0.6) is 0 Å². The van der Waals surface area contributed by atoms with Gasteiger partial charge >= 0.3 is 0 Å². The molecule has 2 N–H and O–H groups in total. The highest BCUT2D eigenvalue weighted by molar-refractivity contribution is 6.00. The standard InChI is InChI=1S/C20H20N2O3/c1-14-18(19(25-22-14)16-10-6-3-7-11-16)20(24)21-13-12-17(23)15-8-4-2-5-9-15/h2-11,17,23H,12-13H2,1H3,(H,21,24)/t17-/m0/s1. The van der Waals surface area contributed by atoms with Gasteiger partial charge in [-0.1, -0.05) is 65.8 Å². The molecule has 1 aromatic heterocycles. The Morgan fingerprint density at radius 3 is 2.44 bits per heavy atom. The van der Waals surface area contributed by atoms with Crippen molar-refractivity contribution < 1.29 is 14.4 Å². The zero-order valence-electron chi connectivity index (χ0n) is 14.0. The van der Waals surface area contributed by atoms with E-state index in [2.05, 4.69) is 10.5 Å². The number of carbonyl (C=O) groups is 1. The third-order valence-electron chi connectivity index (χ3n) is 4.01. The highest BCUT2D eigenvalue weighted by atomic mass is 16.5. The molecule has 5 heteroatoms. The van der Waals surface area contributed by atoms with Gasteiger partial charge in [0.05, 0.1) is 11.8 Å². The second kappa shape index (κ2) is 7.77. The molecule has 1 heterocycles. The minimum absolute atomic E-state index is 0.252. The number of rotatable bonds is 6. The molecule has 0 unspecified atom stereocenters. The lowest BCUT2D eigenvalue weighted by molar-refractivity contribution is 0.0942. The van der Waals surface area contributed by atoms with Gasteiger partial charge in [-0.05, 0) is 18.9 Å². The molecule has 128 valence electrons. The van der Waals surface area contributed by atoms with Crippen LogP contribution >= 0.6 is 0 Å². The van der Waals surface area contributed by atoms with Crippen molar-refractivity contribution >= 4 is 5.91 Å². The Hall–Kier alpha value is -2.92. The van der Waals surface area contributed by atoms with E-state index < -0.39 is 6.10 Å². The first kappa shape index (κ1) is 16.9. The minimum Gasteiger partial charge on any atom is -0.388 e. The van der Waals surface area contributed by atoms with E-state index in [1.807, 2.05) is 60.7 Å². The van der Waals surface area contributed by atoms with Crippen molar-refractivity contribution in [1.29, 1.82) is 0 Å². The van der Waals surface area contributed by atoms with E-state index in [4.69, 9.17) is 4.52 Å². The van der Waals surface area contributed by atoms with Crippen molar-refractivity contribution in [2.45, 2.75) is 19.4 Å². The molecule has 0 saturated heterocycles. The Balaban J connectivity index is 1.65. The summed E-state index contributed by atoms with van der Waals surface area (Å²) in [4.78, 5) is 12.5. The van der Waals surface area contributed by atoms with E-state index in [9.17, 15) is 9.90 Å². The van der Waals surface area contributed by atoms with Crippen LogP contribution in [0.2, 0.25) is 0 Å². The molecule has 0 saturated carbocycles. The molecule has 1 atom stereocenters. The topological polar surface area (TPSA) is 75.4 Å². The molecule has 25 heavy (non-hydrogen) atoms. The number of nitrogens with one attached hydrogen (secondary N) is 1. The van der Waals surface area contributed by atoms with E-state index in [-0.39, 0.29) is 5.91 Å². The van der Waals surface area contributed by atoms with Gasteiger partial charge in [-0.15, -0.1) is 0 Å². The van der Waals surface area contributed by atoms with Gasteiger partial charge < -0.3 is 14.9 Å². The van der Waals surface area contributed by atoms with E-state index in [1.54, 1.807) is 6.92 Å². The molecule has 2 aromatic carbocycles. The van der Waals surface area contributed by atoms with Crippen LogP contribution in [0.15, 0.2) is 65.2 Å². The van der Waals surface area contributed by atoms with Crippen LogP contribution in [-0.2, 0) is 0 Å². The van der Waals surface area contributed by atoms with Gasteiger partial charge in [-0.3, -0.25) is 4.79 Å². The first-order valence-electron chi connectivity index (χ1n) is 8.19. The van der Waals surface area contributed by atoms with Crippen LogP contribution < -0.4 is 5.32 Å². The van der Waals surface area contributed by atoms with Gasteiger partial charge in [0.1, 0.15) is 5.56 Å². The predicted octanol–water partition coefficient (Wildman–Crippen LogP) is 3.50. The van der Waals surface area contributed by atoms with Crippen molar-refractivity contribution in [3.05, 3.63) is 77.5 Å². The molecule has 0 fully saturated rings. The number of aromatic nitrogens is 1. The van der Waals surface area contributed by atoms with Gasteiger partial charge in [-0.2, -0.15) is 0 Å². The SMILES string of the molecule is Cc1noc(-c2ccccc2)c1C(=O)NCC[C@H](O)c1ccccc1. The molecule has 0 spiro atoms. The van der Waals surface area contributed by atoms with Crippen molar-refractivity contribution in [3.8, 4) is 11.3 Å². The lowest BCUT2D eigenvalue weighted by Gasteiger charge is -2.11. The molecular formula is C20H20N2O3. The molecule has 0 bridgehead atoms. The highest BCUT2D eigenvalue weighted by Gasteiger charge is 2.21. The zero-order valence-corrected chi connectivity index (χ0v) is 14.0. The third-order valence-corrected chi connectivity index (χ3v) is 4.01. The zero-order chi connectivity index (χ0) is 17.6. The number of aliphatic hydroxyl groups excluding tert-OH is 1. The second-order valence-corrected chi connectivity index (χ2v) is 5.81. The van der Waals surface area contributed by atoms with Crippen LogP contribution in [0.3, 0.4) is 0 Å². The minimum atomic E-state index is -0.612. The Labute approximate surface area is 146 Å². The smallest absolute Gasteiger partial charge is 0.257 e. The number of hydrogen-bond acceptors (Lipinski definition) is 4. The summed E-state index contributed by atoms with van der Waals surface area (Å²) in [7, 11) is 0. The average Bonchev–Trinajstić information content (AvgIpc) is 3.04. The van der Waals surface area contributed by atoms with E-state index in [0.29, 0.717) is 30.0 Å². The summed E-state index contributed by atoms with van der Waals surface area (Å²) in [6, 6.07) is 18.8. The molecule has 3 aromatic rings. The highest BCUT2D eigenvalue weighted by Crippen LogP contribution is 2.26. The maximum Gasteiger partial charge on any atom is 0.257 e. The third kappa shape index (κ3) is 3.95. The molecule has 0 aliphatic carbocycles. The van der Waals surface area contributed by atoms with Gasteiger partial charge in [0.25, 0.3) is 5.91 Å². The second-order valence-electron chi connectivity index (χ2n) is 5.81.